The average Bonchev–Trinajstić information content (AvgIpc) is 2.71. The number of fused-ring (bicyclic) bond motifs is 1. The number of carboxylic acids is 1. The summed E-state index contributed by atoms with van der Waals surface area (Å²) in [7, 11) is 0. The third kappa shape index (κ3) is 2.70. The van der Waals surface area contributed by atoms with E-state index in [1.165, 1.54) is 11.8 Å². The summed E-state index contributed by atoms with van der Waals surface area (Å²) in [6, 6.07) is 1.89. The number of allylic oxidation sites excluding steroid dienone is 1. The second-order valence-electron chi connectivity index (χ2n) is 3.67. The molecule has 18 heavy (non-hydrogen) atoms. The molecule has 0 radical (unpaired) electrons. The number of pyridine rings is 1. The van der Waals surface area contributed by atoms with Crippen LogP contribution in [0.4, 0.5) is 0 Å². The van der Waals surface area contributed by atoms with Crippen LogP contribution < -0.4 is 0 Å². The predicted molar refractivity (Wildman–Crippen MR) is 70.7 cm³/mol. The normalized spacial score (nSPS) is 10.7. The number of carboxylic acid groups (broad SMARTS) is 1. The lowest BCUT2D eigenvalue weighted by Crippen LogP contribution is -2.03. The minimum Gasteiger partial charge on any atom is -0.481 e. The van der Waals surface area contributed by atoms with Crippen LogP contribution in [0, 0.1) is 0 Å². The van der Waals surface area contributed by atoms with Crippen molar-refractivity contribution >= 4 is 28.8 Å². The molecule has 0 bridgehead atoms. The molecule has 2 rings (SSSR count). The molecule has 1 N–H and O–H groups in total. The summed E-state index contributed by atoms with van der Waals surface area (Å²) in [6.07, 6.45) is 6.04. The third-order valence-electron chi connectivity index (χ3n) is 2.40. The number of hydrogen-bond donors (Lipinski definition) is 1. The number of hydrogen-bond acceptors (Lipinski definition) is 4. The monoisotopic (exact) mass is 263 g/mol. The highest BCUT2D eigenvalue weighted by Gasteiger charge is 2.11. The van der Waals surface area contributed by atoms with E-state index in [-0.39, 0.29) is 5.75 Å². The Morgan fingerprint density at radius 2 is 2.44 bits per heavy atom. The Balaban J connectivity index is 2.36. The van der Waals surface area contributed by atoms with E-state index in [1.54, 1.807) is 12.4 Å². The van der Waals surface area contributed by atoms with Gasteiger partial charge in [0.2, 0.25) is 0 Å². The predicted octanol–water partition coefficient (Wildman–Crippen LogP) is 2.18. The highest BCUT2D eigenvalue weighted by atomic mass is 32.2. The van der Waals surface area contributed by atoms with E-state index in [0.717, 1.165) is 24.0 Å². The van der Waals surface area contributed by atoms with Gasteiger partial charge in [0.15, 0.2) is 5.16 Å². The van der Waals surface area contributed by atoms with Gasteiger partial charge in [0.05, 0.1) is 17.5 Å². The number of imidazole rings is 1. The SMILES string of the molecule is C=CCCn1c(SCC(=O)O)nc2cnccc21. The average molecular weight is 263 g/mol. The molecular weight excluding hydrogens is 250 g/mol. The summed E-state index contributed by atoms with van der Waals surface area (Å²) in [4.78, 5) is 19.1. The van der Waals surface area contributed by atoms with Crippen molar-refractivity contribution in [2.75, 3.05) is 5.75 Å². The number of carbonyl (C=O) groups is 1. The molecule has 5 nitrogen and oxygen atoms in total. The Morgan fingerprint density at radius 1 is 1.61 bits per heavy atom. The van der Waals surface area contributed by atoms with Crippen molar-refractivity contribution in [1.82, 2.24) is 14.5 Å². The second-order valence-corrected chi connectivity index (χ2v) is 4.61. The van der Waals surface area contributed by atoms with Crippen molar-refractivity contribution in [2.24, 2.45) is 0 Å². The molecule has 0 fully saturated rings. The van der Waals surface area contributed by atoms with Crippen LogP contribution in [-0.4, -0.2) is 31.4 Å². The van der Waals surface area contributed by atoms with Gasteiger partial charge in [0.1, 0.15) is 5.52 Å². The number of nitrogens with zero attached hydrogens (tertiary/aromatic N) is 3. The zero-order valence-corrected chi connectivity index (χ0v) is 10.6. The highest BCUT2D eigenvalue weighted by Crippen LogP contribution is 2.23. The first-order chi connectivity index (χ1) is 8.72. The van der Waals surface area contributed by atoms with Gasteiger partial charge < -0.3 is 9.67 Å². The van der Waals surface area contributed by atoms with Crippen LogP contribution >= 0.6 is 11.8 Å². The van der Waals surface area contributed by atoms with Gasteiger partial charge in [-0.1, -0.05) is 17.8 Å². The smallest absolute Gasteiger partial charge is 0.313 e. The fourth-order valence-corrected chi connectivity index (χ4v) is 2.39. The zero-order valence-electron chi connectivity index (χ0n) is 9.74. The molecule has 0 atom stereocenters. The maximum absolute atomic E-state index is 10.6. The van der Waals surface area contributed by atoms with Gasteiger partial charge in [-0.3, -0.25) is 9.78 Å². The number of aryl methyl sites for hydroxylation is 1. The molecule has 0 spiro atoms. The standard InChI is InChI=1S/C12H13N3O2S/c1-2-3-6-15-10-4-5-13-7-9(10)14-12(15)18-8-11(16)17/h2,4-5,7H,1,3,6,8H2,(H,16,17). The van der Waals surface area contributed by atoms with Crippen LogP contribution in [0.25, 0.3) is 11.0 Å². The minimum atomic E-state index is -0.847. The van der Waals surface area contributed by atoms with E-state index in [2.05, 4.69) is 16.5 Å². The van der Waals surface area contributed by atoms with E-state index in [1.807, 2.05) is 16.7 Å². The molecule has 6 heteroatoms. The van der Waals surface area contributed by atoms with E-state index in [4.69, 9.17) is 5.11 Å². The van der Waals surface area contributed by atoms with Crippen LogP contribution in [0.1, 0.15) is 6.42 Å². The van der Waals surface area contributed by atoms with Crippen LogP contribution in [0.3, 0.4) is 0 Å². The van der Waals surface area contributed by atoms with Crippen molar-refractivity contribution in [3.8, 4) is 0 Å². The summed E-state index contributed by atoms with van der Waals surface area (Å²) < 4.78 is 2.01. The largest absolute Gasteiger partial charge is 0.481 e. The Morgan fingerprint density at radius 3 is 3.17 bits per heavy atom. The molecule has 0 aromatic carbocycles. The summed E-state index contributed by atoms with van der Waals surface area (Å²) in [5.41, 5.74) is 1.76. The molecule has 0 saturated carbocycles. The fourth-order valence-electron chi connectivity index (χ4n) is 1.63. The molecule has 0 aliphatic carbocycles. The summed E-state index contributed by atoms with van der Waals surface area (Å²) >= 11 is 1.22. The second kappa shape index (κ2) is 5.68. The first kappa shape index (κ1) is 12.6. The van der Waals surface area contributed by atoms with Crippen molar-refractivity contribution < 1.29 is 9.90 Å². The first-order valence-corrected chi connectivity index (χ1v) is 6.46. The molecule has 0 unspecified atom stereocenters. The van der Waals surface area contributed by atoms with Gasteiger partial charge in [-0.15, -0.1) is 6.58 Å². The number of thioether (sulfide) groups is 1. The van der Waals surface area contributed by atoms with Gasteiger partial charge in [-0.25, -0.2) is 4.98 Å². The molecule has 0 amide bonds. The van der Waals surface area contributed by atoms with Crippen LogP contribution in [0.2, 0.25) is 0 Å². The quantitative estimate of drug-likeness (QED) is 0.639. The highest BCUT2D eigenvalue weighted by molar-refractivity contribution is 7.99. The maximum Gasteiger partial charge on any atom is 0.313 e. The lowest BCUT2D eigenvalue weighted by atomic mass is 10.4. The van der Waals surface area contributed by atoms with Gasteiger partial charge in [-0.05, 0) is 12.5 Å². The van der Waals surface area contributed by atoms with Crippen molar-refractivity contribution in [1.29, 1.82) is 0 Å². The van der Waals surface area contributed by atoms with Crippen LogP contribution in [0.15, 0.2) is 36.3 Å². The van der Waals surface area contributed by atoms with Gasteiger partial charge in [0, 0.05) is 12.7 Å². The van der Waals surface area contributed by atoms with E-state index < -0.39 is 5.97 Å². The Bertz CT molecular complexity index is 580. The summed E-state index contributed by atoms with van der Waals surface area (Å²) in [6.45, 7) is 4.44. The molecule has 2 heterocycles. The van der Waals surface area contributed by atoms with E-state index >= 15 is 0 Å². The van der Waals surface area contributed by atoms with Crippen molar-refractivity contribution in [3.05, 3.63) is 31.1 Å². The van der Waals surface area contributed by atoms with E-state index in [9.17, 15) is 4.79 Å². The van der Waals surface area contributed by atoms with Crippen molar-refractivity contribution in [3.63, 3.8) is 0 Å². The number of rotatable bonds is 6. The van der Waals surface area contributed by atoms with E-state index in [0.29, 0.717) is 5.16 Å². The van der Waals surface area contributed by atoms with Gasteiger partial charge >= 0.3 is 5.97 Å². The van der Waals surface area contributed by atoms with Gasteiger partial charge in [-0.2, -0.15) is 0 Å². The lowest BCUT2D eigenvalue weighted by molar-refractivity contribution is -0.133. The van der Waals surface area contributed by atoms with Gasteiger partial charge in [0.25, 0.3) is 0 Å². The lowest BCUT2D eigenvalue weighted by Gasteiger charge is -2.05. The van der Waals surface area contributed by atoms with Crippen molar-refractivity contribution in [2.45, 2.75) is 18.1 Å². The molecule has 94 valence electrons. The molecule has 2 aromatic rings. The Hall–Kier alpha value is -1.82. The zero-order chi connectivity index (χ0) is 13.0. The van der Waals surface area contributed by atoms with Crippen LogP contribution in [0.5, 0.6) is 0 Å². The minimum absolute atomic E-state index is 0.00480. The topological polar surface area (TPSA) is 68.0 Å². The van der Waals surface area contributed by atoms with Crippen LogP contribution in [-0.2, 0) is 11.3 Å². The Labute approximate surface area is 109 Å². The maximum atomic E-state index is 10.6. The molecule has 0 aliphatic rings. The molecule has 2 aromatic heterocycles. The molecule has 0 saturated heterocycles. The molecular formula is C12H13N3O2S. The third-order valence-corrected chi connectivity index (χ3v) is 3.36. The number of aromatic nitrogens is 3. The first-order valence-electron chi connectivity index (χ1n) is 5.48. The fraction of sp³-hybridized carbons (Fsp3) is 0.250. The summed E-state index contributed by atoms with van der Waals surface area (Å²) in [5.74, 6) is -0.842. The Kier molecular flexibility index (Phi) is 3.99. The molecule has 0 aliphatic heterocycles. The number of aliphatic carboxylic acids is 1. The summed E-state index contributed by atoms with van der Waals surface area (Å²) in [5, 5.41) is 9.44.